The summed E-state index contributed by atoms with van der Waals surface area (Å²) in [5.74, 6) is 0.462. The van der Waals surface area contributed by atoms with Crippen molar-refractivity contribution in [2.45, 2.75) is 32.8 Å². The third-order valence-corrected chi connectivity index (χ3v) is 4.64. The van der Waals surface area contributed by atoms with E-state index in [0.29, 0.717) is 29.3 Å². The predicted molar refractivity (Wildman–Crippen MR) is 113 cm³/mol. The minimum Gasteiger partial charge on any atom is -0.481 e. The summed E-state index contributed by atoms with van der Waals surface area (Å²) in [6.07, 6.45) is 3.76. The number of aryl methyl sites for hydroxylation is 1. The SMILES string of the molecule is CC(=O)CCc1ccc(OC(C)C(=O)Nc2cnn(-c3ccccc3Cl)c2)cc1. The van der Waals surface area contributed by atoms with Crippen molar-refractivity contribution in [3.63, 3.8) is 0 Å². The molecule has 3 rings (SSSR count). The first kappa shape index (κ1) is 20.6. The van der Waals surface area contributed by atoms with E-state index in [2.05, 4.69) is 10.4 Å². The quantitative estimate of drug-likeness (QED) is 0.594. The van der Waals surface area contributed by atoms with Gasteiger partial charge >= 0.3 is 0 Å². The number of amides is 1. The lowest BCUT2D eigenvalue weighted by molar-refractivity contribution is -0.122. The first-order valence-electron chi connectivity index (χ1n) is 9.28. The Balaban J connectivity index is 1.57. The number of nitrogens with one attached hydrogen (secondary N) is 1. The molecule has 0 saturated carbocycles. The number of Topliss-reactive ketones (excluding diaryl/α,β-unsaturated/α-hetero) is 1. The van der Waals surface area contributed by atoms with E-state index in [0.717, 1.165) is 11.3 Å². The van der Waals surface area contributed by atoms with Crippen LogP contribution in [0.2, 0.25) is 5.02 Å². The highest BCUT2D eigenvalue weighted by Gasteiger charge is 2.16. The van der Waals surface area contributed by atoms with Gasteiger partial charge in [-0.05, 0) is 50.1 Å². The minimum atomic E-state index is -0.693. The van der Waals surface area contributed by atoms with Crippen LogP contribution >= 0.6 is 11.6 Å². The molecule has 0 spiro atoms. The number of hydrogen-bond acceptors (Lipinski definition) is 4. The standard InChI is InChI=1S/C22H22ClN3O3/c1-15(27)7-8-17-9-11-19(12-10-17)29-16(2)22(28)25-18-13-24-26(14-18)21-6-4-3-5-20(21)23/h3-6,9-14,16H,7-8H2,1-2H3,(H,25,28). The van der Waals surface area contributed by atoms with Gasteiger partial charge in [-0.1, -0.05) is 35.9 Å². The summed E-state index contributed by atoms with van der Waals surface area (Å²) in [6.45, 7) is 3.26. The van der Waals surface area contributed by atoms with Crippen molar-refractivity contribution in [2.24, 2.45) is 0 Å². The molecule has 0 aliphatic rings. The number of para-hydroxylation sites is 1. The van der Waals surface area contributed by atoms with Gasteiger partial charge in [0.05, 0.1) is 28.8 Å². The highest BCUT2D eigenvalue weighted by molar-refractivity contribution is 6.32. The van der Waals surface area contributed by atoms with Crippen LogP contribution in [0.4, 0.5) is 5.69 Å². The molecule has 1 atom stereocenters. The fraction of sp³-hybridized carbons (Fsp3) is 0.227. The minimum absolute atomic E-state index is 0.161. The summed E-state index contributed by atoms with van der Waals surface area (Å²) < 4.78 is 7.31. The number of hydrogen-bond donors (Lipinski definition) is 1. The maximum atomic E-state index is 12.4. The van der Waals surface area contributed by atoms with Crippen LogP contribution in [0, 0.1) is 0 Å². The second-order valence-corrected chi connectivity index (χ2v) is 7.13. The number of carbonyl (C=O) groups is 2. The second-order valence-electron chi connectivity index (χ2n) is 6.72. The molecule has 7 heteroatoms. The van der Waals surface area contributed by atoms with E-state index in [4.69, 9.17) is 16.3 Å². The molecule has 1 N–H and O–H groups in total. The van der Waals surface area contributed by atoms with Crippen molar-refractivity contribution in [3.05, 3.63) is 71.5 Å². The van der Waals surface area contributed by atoms with Crippen LogP contribution in [0.1, 0.15) is 25.8 Å². The van der Waals surface area contributed by atoms with Crippen molar-refractivity contribution in [2.75, 3.05) is 5.32 Å². The largest absolute Gasteiger partial charge is 0.481 e. The normalized spacial score (nSPS) is 11.7. The highest BCUT2D eigenvalue weighted by Crippen LogP contribution is 2.21. The lowest BCUT2D eigenvalue weighted by Crippen LogP contribution is -2.30. The molecule has 1 amide bonds. The van der Waals surface area contributed by atoms with Gasteiger partial charge in [0.15, 0.2) is 6.10 Å². The van der Waals surface area contributed by atoms with Crippen LogP contribution < -0.4 is 10.1 Å². The summed E-state index contributed by atoms with van der Waals surface area (Å²) in [4.78, 5) is 23.5. The first-order chi connectivity index (χ1) is 13.9. The molecule has 6 nitrogen and oxygen atoms in total. The van der Waals surface area contributed by atoms with Crippen LogP contribution in [-0.2, 0) is 16.0 Å². The molecular weight excluding hydrogens is 390 g/mol. The number of anilines is 1. The third kappa shape index (κ3) is 5.68. The van der Waals surface area contributed by atoms with Gasteiger partial charge in [-0.15, -0.1) is 0 Å². The average molecular weight is 412 g/mol. The van der Waals surface area contributed by atoms with Crippen molar-refractivity contribution in [1.29, 1.82) is 0 Å². The van der Waals surface area contributed by atoms with Gasteiger partial charge in [-0.2, -0.15) is 5.10 Å². The van der Waals surface area contributed by atoms with Crippen LogP contribution in [0.25, 0.3) is 5.69 Å². The van der Waals surface area contributed by atoms with E-state index in [1.54, 1.807) is 49.1 Å². The number of carbonyl (C=O) groups excluding carboxylic acids is 2. The van der Waals surface area contributed by atoms with Crippen LogP contribution in [0.5, 0.6) is 5.75 Å². The molecule has 1 heterocycles. The highest BCUT2D eigenvalue weighted by atomic mass is 35.5. The van der Waals surface area contributed by atoms with Gasteiger partial charge in [-0.3, -0.25) is 4.79 Å². The predicted octanol–water partition coefficient (Wildman–Crippen LogP) is 4.45. The molecule has 3 aromatic rings. The van der Waals surface area contributed by atoms with Gasteiger partial charge in [0.2, 0.25) is 0 Å². The Morgan fingerprint density at radius 1 is 1.17 bits per heavy atom. The van der Waals surface area contributed by atoms with E-state index in [1.807, 2.05) is 30.3 Å². The third-order valence-electron chi connectivity index (χ3n) is 4.32. The van der Waals surface area contributed by atoms with Gasteiger partial charge < -0.3 is 14.8 Å². The smallest absolute Gasteiger partial charge is 0.265 e. The fourth-order valence-electron chi connectivity index (χ4n) is 2.71. The number of ketones is 1. The van der Waals surface area contributed by atoms with Gasteiger partial charge in [0, 0.05) is 6.42 Å². The van der Waals surface area contributed by atoms with Crippen molar-refractivity contribution < 1.29 is 14.3 Å². The summed E-state index contributed by atoms with van der Waals surface area (Å²) in [5, 5.41) is 7.59. The van der Waals surface area contributed by atoms with Crippen molar-refractivity contribution in [1.82, 2.24) is 9.78 Å². The zero-order valence-corrected chi connectivity index (χ0v) is 17.0. The fourth-order valence-corrected chi connectivity index (χ4v) is 2.94. The Kier molecular flexibility index (Phi) is 6.67. The van der Waals surface area contributed by atoms with E-state index in [9.17, 15) is 9.59 Å². The number of aromatic nitrogens is 2. The molecule has 0 aliphatic heterocycles. The Hall–Kier alpha value is -3.12. The molecule has 0 radical (unpaired) electrons. The summed E-state index contributed by atoms with van der Waals surface area (Å²) >= 11 is 6.18. The first-order valence-corrected chi connectivity index (χ1v) is 9.65. The molecule has 2 aromatic carbocycles. The van der Waals surface area contributed by atoms with Gasteiger partial charge in [-0.25, -0.2) is 4.68 Å². The number of ether oxygens (including phenoxy) is 1. The van der Waals surface area contributed by atoms with Crippen LogP contribution in [-0.4, -0.2) is 27.6 Å². The summed E-state index contributed by atoms with van der Waals surface area (Å²) in [5.41, 5.74) is 2.32. The average Bonchev–Trinajstić information content (AvgIpc) is 3.16. The van der Waals surface area contributed by atoms with Gasteiger partial charge in [0.1, 0.15) is 11.5 Å². The maximum absolute atomic E-state index is 12.4. The molecule has 150 valence electrons. The summed E-state index contributed by atoms with van der Waals surface area (Å²) in [6, 6.07) is 14.7. The molecule has 1 unspecified atom stereocenters. The second kappa shape index (κ2) is 9.39. The maximum Gasteiger partial charge on any atom is 0.265 e. The molecule has 0 fully saturated rings. The van der Waals surface area contributed by atoms with E-state index in [-0.39, 0.29) is 11.7 Å². The van der Waals surface area contributed by atoms with E-state index < -0.39 is 6.10 Å². The van der Waals surface area contributed by atoms with Gasteiger partial charge in [0.25, 0.3) is 5.91 Å². The number of nitrogens with zero attached hydrogens (tertiary/aromatic N) is 2. The van der Waals surface area contributed by atoms with E-state index >= 15 is 0 Å². The number of halogens is 1. The zero-order valence-electron chi connectivity index (χ0n) is 16.3. The Bertz CT molecular complexity index is 999. The van der Waals surface area contributed by atoms with Crippen LogP contribution in [0.3, 0.4) is 0 Å². The monoisotopic (exact) mass is 411 g/mol. The molecule has 0 saturated heterocycles. The molecule has 1 aromatic heterocycles. The molecular formula is C22H22ClN3O3. The van der Waals surface area contributed by atoms with Crippen LogP contribution in [0.15, 0.2) is 60.9 Å². The van der Waals surface area contributed by atoms with Crippen molar-refractivity contribution >= 4 is 29.0 Å². The Morgan fingerprint density at radius 3 is 2.59 bits per heavy atom. The Morgan fingerprint density at radius 2 is 1.90 bits per heavy atom. The molecule has 0 bridgehead atoms. The topological polar surface area (TPSA) is 73.2 Å². The summed E-state index contributed by atoms with van der Waals surface area (Å²) in [7, 11) is 0. The number of rotatable bonds is 8. The van der Waals surface area contributed by atoms with E-state index in [1.165, 1.54) is 0 Å². The molecule has 29 heavy (non-hydrogen) atoms. The Labute approximate surface area is 174 Å². The lowest BCUT2D eigenvalue weighted by atomic mass is 10.1. The lowest BCUT2D eigenvalue weighted by Gasteiger charge is -2.14. The molecule has 0 aliphatic carbocycles. The van der Waals surface area contributed by atoms with Crippen molar-refractivity contribution in [3.8, 4) is 11.4 Å². The number of benzene rings is 2. The zero-order chi connectivity index (χ0) is 20.8.